The third-order valence-corrected chi connectivity index (χ3v) is 3.79. The van der Waals surface area contributed by atoms with Crippen molar-refractivity contribution >= 4 is 17.4 Å². The summed E-state index contributed by atoms with van der Waals surface area (Å²) in [5.74, 6) is 1.13. The van der Waals surface area contributed by atoms with Crippen molar-refractivity contribution in [2.75, 3.05) is 6.54 Å². The quantitative estimate of drug-likeness (QED) is 0.876. The Hall–Kier alpha value is -1.96. The largest absolute Gasteiger partial charge is 0.337 e. The van der Waals surface area contributed by atoms with E-state index in [9.17, 15) is 4.79 Å². The molecule has 0 aliphatic rings. The molecule has 108 valence electrons. The summed E-state index contributed by atoms with van der Waals surface area (Å²) in [5, 5.41) is 12.1. The molecule has 0 saturated heterocycles. The zero-order chi connectivity index (χ0) is 14.5. The molecular formula is C12H17N5O2S. The van der Waals surface area contributed by atoms with Gasteiger partial charge in [-0.25, -0.2) is 9.78 Å². The lowest BCUT2D eigenvalue weighted by Gasteiger charge is -2.10. The normalized spacial score (nSPS) is 12.2. The SMILES string of the molecule is Cc1csc(C(C)CNC(=O)NCc2nc(C)no2)n1. The van der Waals surface area contributed by atoms with E-state index in [2.05, 4.69) is 25.8 Å². The van der Waals surface area contributed by atoms with Gasteiger partial charge in [-0.15, -0.1) is 11.3 Å². The van der Waals surface area contributed by atoms with E-state index in [1.807, 2.05) is 19.2 Å². The standard InChI is InChI=1S/C12H17N5O2S/c1-7(11-15-8(2)6-20-11)4-13-12(18)14-5-10-16-9(3)17-19-10/h6-7H,4-5H2,1-3H3,(H2,13,14,18). The van der Waals surface area contributed by atoms with Crippen molar-refractivity contribution in [3.05, 3.63) is 27.8 Å². The van der Waals surface area contributed by atoms with Gasteiger partial charge in [0, 0.05) is 23.5 Å². The van der Waals surface area contributed by atoms with Crippen molar-refractivity contribution in [1.82, 2.24) is 25.8 Å². The van der Waals surface area contributed by atoms with E-state index in [-0.39, 0.29) is 18.5 Å². The first-order valence-electron chi connectivity index (χ1n) is 6.27. The van der Waals surface area contributed by atoms with Crippen LogP contribution in [0.5, 0.6) is 0 Å². The molecule has 0 radical (unpaired) electrons. The Balaban J connectivity index is 1.72. The summed E-state index contributed by atoms with van der Waals surface area (Å²) in [4.78, 5) is 20.0. The van der Waals surface area contributed by atoms with Gasteiger partial charge in [-0.1, -0.05) is 12.1 Å². The Morgan fingerprint density at radius 1 is 1.40 bits per heavy atom. The molecule has 0 fully saturated rings. The molecule has 2 rings (SSSR count). The van der Waals surface area contributed by atoms with Crippen LogP contribution in [0, 0.1) is 13.8 Å². The molecule has 7 nitrogen and oxygen atoms in total. The van der Waals surface area contributed by atoms with E-state index in [1.165, 1.54) is 0 Å². The Kier molecular flexibility index (Phi) is 4.67. The highest BCUT2D eigenvalue weighted by Gasteiger charge is 2.11. The van der Waals surface area contributed by atoms with Crippen LogP contribution in [0.25, 0.3) is 0 Å². The monoisotopic (exact) mass is 295 g/mol. The number of aromatic nitrogens is 3. The topological polar surface area (TPSA) is 92.9 Å². The average Bonchev–Trinajstić information content (AvgIpc) is 3.02. The van der Waals surface area contributed by atoms with Crippen molar-refractivity contribution in [3.8, 4) is 0 Å². The second-order valence-electron chi connectivity index (χ2n) is 4.53. The second kappa shape index (κ2) is 6.47. The fraction of sp³-hybridized carbons (Fsp3) is 0.500. The number of carbonyl (C=O) groups is 1. The maximum atomic E-state index is 11.6. The lowest BCUT2D eigenvalue weighted by molar-refractivity contribution is 0.238. The molecule has 2 amide bonds. The van der Waals surface area contributed by atoms with Crippen molar-refractivity contribution in [3.63, 3.8) is 0 Å². The Labute approximate surface area is 120 Å². The molecule has 1 unspecified atom stereocenters. The van der Waals surface area contributed by atoms with E-state index in [4.69, 9.17) is 4.52 Å². The third kappa shape index (κ3) is 4.02. The first-order valence-corrected chi connectivity index (χ1v) is 7.15. The first kappa shape index (κ1) is 14.4. The van der Waals surface area contributed by atoms with Gasteiger partial charge in [-0.05, 0) is 13.8 Å². The first-order chi connectivity index (χ1) is 9.54. The maximum absolute atomic E-state index is 11.6. The summed E-state index contributed by atoms with van der Waals surface area (Å²) in [6, 6.07) is -0.263. The maximum Gasteiger partial charge on any atom is 0.315 e. The zero-order valence-corrected chi connectivity index (χ0v) is 12.5. The van der Waals surface area contributed by atoms with Crippen LogP contribution in [0.2, 0.25) is 0 Å². The zero-order valence-electron chi connectivity index (χ0n) is 11.6. The molecule has 0 saturated carbocycles. The molecule has 0 bridgehead atoms. The Morgan fingerprint density at radius 3 is 2.80 bits per heavy atom. The highest BCUT2D eigenvalue weighted by molar-refractivity contribution is 7.09. The molecule has 8 heteroatoms. The molecule has 0 spiro atoms. The summed E-state index contributed by atoms with van der Waals surface area (Å²) < 4.78 is 4.90. The van der Waals surface area contributed by atoms with E-state index in [0.29, 0.717) is 18.3 Å². The van der Waals surface area contributed by atoms with Crippen LogP contribution < -0.4 is 10.6 Å². The van der Waals surface area contributed by atoms with Crippen LogP contribution in [0.1, 0.15) is 35.3 Å². The number of urea groups is 1. The van der Waals surface area contributed by atoms with Crippen molar-refractivity contribution in [2.24, 2.45) is 0 Å². The molecule has 2 aromatic heterocycles. The van der Waals surface area contributed by atoms with E-state index < -0.39 is 0 Å². The van der Waals surface area contributed by atoms with Gasteiger partial charge in [0.25, 0.3) is 0 Å². The molecule has 20 heavy (non-hydrogen) atoms. The highest BCUT2D eigenvalue weighted by Crippen LogP contribution is 2.18. The number of hydrogen-bond acceptors (Lipinski definition) is 6. The van der Waals surface area contributed by atoms with Gasteiger partial charge in [0.2, 0.25) is 5.89 Å². The lowest BCUT2D eigenvalue weighted by Crippen LogP contribution is -2.37. The molecule has 2 N–H and O–H groups in total. The van der Waals surface area contributed by atoms with Gasteiger partial charge >= 0.3 is 6.03 Å². The van der Waals surface area contributed by atoms with Crippen LogP contribution in [0.3, 0.4) is 0 Å². The molecule has 1 atom stereocenters. The van der Waals surface area contributed by atoms with Crippen molar-refractivity contribution in [1.29, 1.82) is 0 Å². The van der Waals surface area contributed by atoms with E-state index in [0.717, 1.165) is 10.7 Å². The van der Waals surface area contributed by atoms with Crippen LogP contribution in [0.4, 0.5) is 4.79 Å². The average molecular weight is 295 g/mol. The number of nitrogens with zero attached hydrogens (tertiary/aromatic N) is 3. The second-order valence-corrected chi connectivity index (χ2v) is 5.42. The van der Waals surface area contributed by atoms with E-state index in [1.54, 1.807) is 18.3 Å². The van der Waals surface area contributed by atoms with Gasteiger partial charge in [0.1, 0.15) is 0 Å². The van der Waals surface area contributed by atoms with Gasteiger partial charge in [-0.2, -0.15) is 4.98 Å². The fourth-order valence-corrected chi connectivity index (χ4v) is 2.42. The van der Waals surface area contributed by atoms with Crippen molar-refractivity contribution in [2.45, 2.75) is 33.2 Å². The summed E-state index contributed by atoms with van der Waals surface area (Å²) in [6.45, 7) is 6.46. The third-order valence-electron chi connectivity index (χ3n) is 2.60. The van der Waals surface area contributed by atoms with Gasteiger partial charge in [-0.3, -0.25) is 0 Å². The number of aryl methyl sites for hydroxylation is 2. The van der Waals surface area contributed by atoms with Crippen LogP contribution in [-0.2, 0) is 6.54 Å². The predicted octanol–water partition coefficient (Wildman–Crippen LogP) is 1.75. The number of hydrogen-bond donors (Lipinski definition) is 2. The number of nitrogens with one attached hydrogen (secondary N) is 2. The minimum absolute atomic E-state index is 0.185. The van der Waals surface area contributed by atoms with Crippen molar-refractivity contribution < 1.29 is 9.32 Å². The number of thiazole rings is 1. The Morgan fingerprint density at radius 2 is 2.20 bits per heavy atom. The summed E-state index contributed by atoms with van der Waals surface area (Å²) in [5.41, 5.74) is 1.01. The summed E-state index contributed by atoms with van der Waals surface area (Å²) in [7, 11) is 0. The van der Waals surface area contributed by atoms with Gasteiger partial charge in [0.05, 0.1) is 11.6 Å². The predicted molar refractivity (Wildman–Crippen MR) is 74.5 cm³/mol. The highest BCUT2D eigenvalue weighted by atomic mass is 32.1. The lowest BCUT2D eigenvalue weighted by atomic mass is 10.2. The number of carbonyl (C=O) groups excluding carboxylic acids is 1. The number of rotatable bonds is 5. The van der Waals surface area contributed by atoms with E-state index >= 15 is 0 Å². The molecule has 2 heterocycles. The molecule has 2 aromatic rings. The Bertz CT molecular complexity index is 580. The van der Waals surface area contributed by atoms with Crippen LogP contribution in [0.15, 0.2) is 9.90 Å². The molecule has 0 aliphatic heterocycles. The fourth-order valence-electron chi connectivity index (χ4n) is 1.56. The number of amides is 2. The van der Waals surface area contributed by atoms with Crippen LogP contribution >= 0.6 is 11.3 Å². The van der Waals surface area contributed by atoms with Gasteiger partial charge in [0.15, 0.2) is 5.82 Å². The smallest absolute Gasteiger partial charge is 0.315 e. The molecular weight excluding hydrogens is 278 g/mol. The minimum Gasteiger partial charge on any atom is -0.337 e. The molecule has 0 aromatic carbocycles. The minimum atomic E-state index is -0.263. The summed E-state index contributed by atoms with van der Waals surface area (Å²) in [6.07, 6.45) is 0. The summed E-state index contributed by atoms with van der Waals surface area (Å²) >= 11 is 1.61. The molecule has 0 aliphatic carbocycles. The van der Waals surface area contributed by atoms with Crippen LogP contribution in [-0.4, -0.2) is 27.7 Å². The van der Waals surface area contributed by atoms with Gasteiger partial charge < -0.3 is 15.2 Å².